The van der Waals surface area contributed by atoms with Crippen molar-refractivity contribution in [3.63, 3.8) is 0 Å². The van der Waals surface area contributed by atoms with Gasteiger partial charge in [-0.15, -0.1) is 0 Å². The van der Waals surface area contributed by atoms with Gasteiger partial charge in [0.25, 0.3) is 0 Å². The van der Waals surface area contributed by atoms with Gasteiger partial charge in [-0.1, -0.05) is 143 Å². The molecule has 3 heterocycles. The number of phenolic OH excluding ortho intramolecular Hbond substituents is 1. The molecule has 0 radical (unpaired) electrons. The lowest BCUT2D eigenvalue weighted by Crippen LogP contribution is -2.27. The Morgan fingerprint density at radius 1 is 0.448 bits per heavy atom. The number of nitrogens with zero attached hydrogens (tertiary/aromatic N) is 4. The molecule has 0 saturated carbocycles. The number of rotatable bonds is 7. The van der Waals surface area contributed by atoms with Gasteiger partial charge < -0.3 is 9.67 Å². The number of hydrogen-bond donors (Lipinski definition) is 1. The van der Waals surface area contributed by atoms with Gasteiger partial charge in [0.2, 0.25) is 0 Å². The summed E-state index contributed by atoms with van der Waals surface area (Å²) < 4.78 is 4.90. The van der Waals surface area contributed by atoms with Crippen LogP contribution < -0.4 is 0 Å². The molecule has 0 fully saturated rings. The summed E-state index contributed by atoms with van der Waals surface area (Å²) in [5, 5.41) is 13.5. The number of benzene rings is 8. The molecule has 8 aromatic carbocycles. The van der Waals surface area contributed by atoms with Crippen LogP contribution >= 0.6 is 0 Å². The molecular weight excluding hydrogens is 817 g/mol. The zero-order chi connectivity index (χ0) is 45.1. The van der Waals surface area contributed by atoms with Gasteiger partial charge in [0.05, 0.1) is 39.1 Å². The molecule has 0 saturated heterocycles. The molecule has 3 aliphatic rings. The third-order valence-electron chi connectivity index (χ3n) is 14.5. The molecular formula is C62H48N4O. The van der Waals surface area contributed by atoms with Crippen LogP contribution in [0.4, 0.5) is 0 Å². The maximum absolute atomic E-state index is 11.1. The van der Waals surface area contributed by atoms with Crippen molar-refractivity contribution < 1.29 is 5.11 Å². The minimum atomic E-state index is 0.123. The minimum Gasteiger partial charge on any atom is -0.507 e. The zero-order valence-corrected chi connectivity index (χ0v) is 37.9. The normalized spacial score (nSPS) is 14.9. The van der Waals surface area contributed by atoms with Crippen LogP contribution in [0.3, 0.4) is 0 Å². The average Bonchev–Trinajstić information content (AvgIpc) is 3.91. The molecule has 0 aliphatic heterocycles. The van der Waals surface area contributed by atoms with Gasteiger partial charge >= 0.3 is 0 Å². The van der Waals surface area contributed by atoms with Gasteiger partial charge in [0.1, 0.15) is 11.6 Å². The number of aromatic nitrogens is 4. The number of aromatic hydroxyl groups is 1. The lowest BCUT2D eigenvalue weighted by Gasteiger charge is -2.42. The zero-order valence-electron chi connectivity index (χ0n) is 37.9. The van der Waals surface area contributed by atoms with Crippen molar-refractivity contribution in [3.05, 3.63) is 233 Å². The molecule has 5 heteroatoms. The summed E-state index contributed by atoms with van der Waals surface area (Å²) in [6.07, 6.45) is 0. The fraction of sp³-hybridized carbons (Fsp3) is 0.129. The highest BCUT2D eigenvalue weighted by Gasteiger charge is 2.42. The van der Waals surface area contributed by atoms with E-state index in [1.807, 2.05) is 24.3 Å². The highest BCUT2D eigenvalue weighted by Crippen LogP contribution is 2.57. The molecule has 0 spiro atoms. The van der Waals surface area contributed by atoms with Crippen LogP contribution in [-0.4, -0.2) is 24.2 Å². The number of pyridine rings is 1. The van der Waals surface area contributed by atoms with Gasteiger partial charge in [-0.2, -0.15) is 0 Å². The Kier molecular flexibility index (Phi) is 8.82. The molecule has 0 atom stereocenters. The van der Waals surface area contributed by atoms with Crippen LogP contribution in [0, 0.1) is 0 Å². The Morgan fingerprint density at radius 3 is 1.67 bits per heavy atom. The Balaban J connectivity index is 1.18. The monoisotopic (exact) mass is 864 g/mol. The topological polar surface area (TPSA) is 55.9 Å². The predicted molar refractivity (Wildman–Crippen MR) is 274 cm³/mol. The molecule has 1 N–H and O–H groups in total. The van der Waals surface area contributed by atoms with Gasteiger partial charge in [0, 0.05) is 45.0 Å². The van der Waals surface area contributed by atoms with Crippen molar-refractivity contribution in [2.75, 3.05) is 0 Å². The van der Waals surface area contributed by atoms with Crippen molar-refractivity contribution in [2.45, 2.75) is 51.4 Å². The molecule has 0 amide bonds. The van der Waals surface area contributed by atoms with Crippen molar-refractivity contribution in [1.82, 2.24) is 19.1 Å². The average molecular weight is 865 g/mol. The van der Waals surface area contributed by atoms with E-state index >= 15 is 0 Å². The molecule has 322 valence electrons. The van der Waals surface area contributed by atoms with Crippen LogP contribution in [0.1, 0.15) is 95.9 Å². The molecule has 5 nitrogen and oxygen atoms in total. The minimum absolute atomic E-state index is 0.123. The first-order chi connectivity index (χ1) is 32.8. The van der Waals surface area contributed by atoms with Gasteiger partial charge in [0.15, 0.2) is 0 Å². The van der Waals surface area contributed by atoms with Crippen LogP contribution in [0.25, 0.3) is 78.1 Å². The fourth-order valence-corrected chi connectivity index (χ4v) is 11.6. The second-order valence-corrected chi connectivity index (χ2v) is 19.0. The molecule has 3 aromatic heterocycles. The third-order valence-corrected chi connectivity index (χ3v) is 14.5. The SMILES string of the molecule is CC(C)c1cccc(C(C)C)c1-n1c(-c2cc(-c3cccc(-c4ccccc4O)n3)c3c(c2)c2cc4c(cc2n3-c2ccccc2)C2c3ccccc3C4c3ccccc32)nc2ccccc21. The lowest BCUT2D eigenvalue weighted by molar-refractivity contribution is 0.477. The van der Waals surface area contributed by atoms with Crippen molar-refractivity contribution in [1.29, 1.82) is 0 Å². The number of para-hydroxylation sites is 5. The number of phenols is 1. The van der Waals surface area contributed by atoms with E-state index in [0.717, 1.165) is 55.8 Å². The molecule has 11 aromatic rings. The van der Waals surface area contributed by atoms with Crippen LogP contribution in [0.2, 0.25) is 0 Å². The summed E-state index contributed by atoms with van der Waals surface area (Å²) >= 11 is 0. The quantitative estimate of drug-likeness (QED) is 0.174. The van der Waals surface area contributed by atoms with E-state index in [1.165, 1.54) is 55.6 Å². The molecule has 2 bridgehead atoms. The van der Waals surface area contributed by atoms with E-state index in [1.54, 1.807) is 6.07 Å². The summed E-state index contributed by atoms with van der Waals surface area (Å²) in [6, 6.07) is 67.6. The highest BCUT2D eigenvalue weighted by molar-refractivity contribution is 6.16. The summed E-state index contributed by atoms with van der Waals surface area (Å²) in [4.78, 5) is 11.0. The van der Waals surface area contributed by atoms with Crippen molar-refractivity contribution in [2.24, 2.45) is 0 Å². The maximum Gasteiger partial charge on any atom is 0.145 e. The van der Waals surface area contributed by atoms with Crippen molar-refractivity contribution >= 4 is 32.8 Å². The second kappa shape index (κ2) is 15.0. The first-order valence-corrected chi connectivity index (χ1v) is 23.6. The molecule has 14 rings (SSSR count). The van der Waals surface area contributed by atoms with Crippen LogP contribution in [0.15, 0.2) is 188 Å². The van der Waals surface area contributed by atoms with E-state index in [-0.39, 0.29) is 29.4 Å². The van der Waals surface area contributed by atoms with E-state index in [0.29, 0.717) is 11.3 Å². The van der Waals surface area contributed by atoms with Gasteiger partial charge in [-0.25, -0.2) is 9.97 Å². The van der Waals surface area contributed by atoms with E-state index in [4.69, 9.17) is 9.97 Å². The van der Waals surface area contributed by atoms with Crippen molar-refractivity contribution in [3.8, 4) is 51.0 Å². The van der Waals surface area contributed by atoms with Gasteiger partial charge in [-0.05, 0) is 129 Å². The van der Waals surface area contributed by atoms with Crippen LogP contribution in [0.5, 0.6) is 5.75 Å². The van der Waals surface area contributed by atoms with Crippen LogP contribution in [-0.2, 0) is 0 Å². The van der Waals surface area contributed by atoms with E-state index in [9.17, 15) is 5.11 Å². The van der Waals surface area contributed by atoms with E-state index < -0.39 is 0 Å². The summed E-state index contributed by atoms with van der Waals surface area (Å²) in [5.41, 5.74) is 21.6. The first-order valence-electron chi connectivity index (χ1n) is 23.6. The Labute approximate surface area is 390 Å². The lowest BCUT2D eigenvalue weighted by atomic mass is 9.61. The molecule has 0 unspecified atom stereocenters. The summed E-state index contributed by atoms with van der Waals surface area (Å²) in [5.74, 6) is 1.90. The largest absolute Gasteiger partial charge is 0.507 e. The second-order valence-electron chi connectivity index (χ2n) is 19.0. The summed E-state index contributed by atoms with van der Waals surface area (Å²) in [6.45, 7) is 9.16. The number of fused-ring (bicyclic) bond motifs is 4. The molecule has 3 aliphatic carbocycles. The van der Waals surface area contributed by atoms with E-state index in [2.05, 4.69) is 195 Å². The first kappa shape index (κ1) is 39.4. The number of imidazole rings is 1. The smallest absolute Gasteiger partial charge is 0.145 e. The maximum atomic E-state index is 11.1. The molecule has 67 heavy (non-hydrogen) atoms. The van der Waals surface area contributed by atoms with Gasteiger partial charge in [-0.3, -0.25) is 4.57 Å². The Morgan fingerprint density at radius 2 is 1.01 bits per heavy atom. The standard InChI is InChI=1S/C62H48N4O/c1-36(2)40-25-16-26-41(37(3)4)60(40)66-55-30-14-13-27-54(55)64-62(66)38-32-50-47-34-48-49(59-44-22-10-8-20-42(44)58(48)43-21-9-11-23-45(43)59)35-56(47)65(39-18-6-5-7-19-39)61(50)51(33-38)53-29-17-28-52(63-53)46-24-12-15-31-57(46)67/h5-37,58-59,67H,1-4H3. The predicted octanol–water partition coefficient (Wildman–Crippen LogP) is 15.5. The third kappa shape index (κ3) is 5.87. The fourth-order valence-electron chi connectivity index (χ4n) is 11.6. The number of hydrogen-bond acceptors (Lipinski definition) is 3. The highest BCUT2D eigenvalue weighted by atomic mass is 16.3. The Hall–Kier alpha value is -8.02. The Bertz CT molecular complexity index is 3720. The summed E-state index contributed by atoms with van der Waals surface area (Å²) in [7, 11) is 0.